The summed E-state index contributed by atoms with van der Waals surface area (Å²) in [4.78, 5) is 15.7. The number of amides is 1. The average molecular weight is 377 g/mol. The summed E-state index contributed by atoms with van der Waals surface area (Å²) in [5.41, 5.74) is 7.74. The van der Waals surface area contributed by atoms with Gasteiger partial charge in [-0.15, -0.1) is 0 Å². The fourth-order valence-corrected chi connectivity index (χ4v) is 5.73. The lowest BCUT2D eigenvalue weighted by Crippen LogP contribution is -2.49. The molecular formula is C25H32N2O. The van der Waals surface area contributed by atoms with Crippen LogP contribution in [0, 0.1) is 0 Å². The van der Waals surface area contributed by atoms with Crippen LogP contribution in [0.3, 0.4) is 0 Å². The van der Waals surface area contributed by atoms with Crippen LogP contribution in [-0.4, -0.2) is 29.4 Å². The van der Waals surface area contributed by atoms with Crippen molar-refractivity contribution in [3.05, 3.63) is 71.8 Å². The van der Waals surface area contributed by atoms with Crippen molar-refractivity contribution in [3.63, 3.8) is 0 Å². The molecule has 2 fully saturated rings. The van der Waals surface area contributed by atoms with Crippen LogP contribution in [0.25, 0.3) is 0 Å². The van der Waals surface area contributed by atoms with Gasteiger partial charge in [0.1, 0.15) is 0 Å². The summed E-state index contributed by atoms with van der Waals surface area (Å²) >= 11 is 0. The van der Waals surface area contributed by atoms with Gasteiger partial charge in [-0.3, -0.25) is 9.69 Å². The van der Waals surface area contributed by atoms with Gasteiger partial charge in [0.2, 0.25) is 5.91 Å². The minimum Gasteiger partial charge on any atom is -0.369 e. The summed E-state index contributed by atoms with van der Waals surface area (Å²) in [6.07, 6.45) is 10.0. The lowest BCUT2D eigenvalue weighted by Gasteiger charge is -2.43. The normalized spacial score (nSPS) is 19.7. The second kappa shape index (κ2) is 8.08. The summed E-state index contributed by atoms with van der Waals surface area (Å²) in [7, 11) is 0. The van der Waals surface area contributed by atoms with E-state index in [-0.39, 0.29) is 5.91 Å². The largest absolute Gasteiger partial charge is 0.369 e. The monoisotopic (exact) mass is 376 g/mol. The molecule has 2 aromatic carbocycles. The first-order valence-electron chi connectivity index (χ1n) is 10.8. The maximum Gasteiger partial charge on any atom is 0.232 e. The zero-order valence-electron chi connectivity index (χ0n) is 16.8. The van der Waals surface area contributed by atoms with Crippen molar-refractivity contribution in [2.75, 3.05) is 13.1 Å². The lowest BCUT2D eigenvalue weighted by atomic mass is 9.71. The zero-order valence-corrected chi connectivity index (χ0v) is 16.8. The van der Waals surface area contributed by atoms with Crippen molar-refractivity contribution in [1.29, 1.82) is 0 Å². The highest BCUT2D eigenvalue weighted by Crippen LogP contribution is 2.43. The maximum absolute atomic E-state index is 13.0. The van der Waals surface area contributed by atoms with Crippen molar-refractivity contribution in [2.24, 2.45) is 5.73 Å². The number of carbonyl (C=O) groups excluding carboxylic acids is 1. The van der Waals surface area contributed by atoms with E-state index in [2.05, 4.69) is 29.2 Å². The molecule has 1 amide bonds. The van der Waals surface area contributed by atoms with Gasteiger partial charge in [-0.2, -0.15) is 0 Å². The van der Waals surface area contributed by atoms with Gasteiger partial charge in [0.05, 0.1) is 5.41 Å². The zero-order chi connectivity index (χ0) is 19.5. The molecule has 0 unspecified atom stereocenters. The van der Waals surface area contributed by atoms with Gasteiger partial charge in [-0.1, -0.05) is 79.9 Å². The minimum atomic E-state index is -0.777. The number of hydrogen-bond acceptors (Lipinski definition) is 2. The van der Waals surface area contributed by atoms with E-state index in [1.165, 1.54) is 44.9 Å². The summed E-state index contributed by atoms with van der Waals surface area (Å²) in [6, 6.07) is 20.2. The van der Waals surface area contributed by atoms with E-state index < -0.39 is 5.41 Å². The van der Waals surface area contributed by atoms with Gasteiger partial charge >= 0.3 is 0 Å². The molecule has 2 aromatic rings. The van der Waals surface area contributed by atoms with Crippen LogP contribution < -0.4 is 5.73 Å². The Morgan fingerprint density at radius 1 is 0.857 bits per heavy atom. The first kappa shape index (κ1) is 19.2. The summed E-state index contributed by atoms with van der Waals surface area (Å²) < 4.78 is 0. The van der Waals surface area contributed by atoms with E-state index in [0.717, 1.165) is 30.6 Å². The Hall–Kier alpha value is -2.13. The van der Waals surface area contributed by atoms with E-state index in [4.69, 9.17) is 5.73 Å². The molecule has 3 heteroatoms. The average Bonchev–Trinajstić information content (AvgIpc) is 3.12. The molecule has 0 bridgehead atoms. The summed E-state index contributed by atoms with van der Waals surface area (Å²) in [5.74, 6) is -0.248. The molecule has 1 spiro atoms. The Morgan fingerprint density at radius 3 is 1.93 bits per heavy atom. The van der Waals surface area contributed by atoms with Gasteiger partial charge < -0.3 is 5.73 Å². The molecule has 28 heavy (non-hydrogen) atoms. The Bertz CT molecular complexity index is 741. The van der Waals surface area contributed by atoms with Crippen molar-refractivity contribution in [1.82, 2.24) is 4.90 Å². The van der Waals surface area contributed by atoms with Crippen LogP contribution in [0.1, 0.15) is 62.5 Å². The third-order valence-electron chi connectivity index (χ3n) is 7.24. The molecule has 0 radical (unpaired) electrons. The van der Waals surface area contributed by atoms with E-state index in [1.807, 2.05) is 36.4 Å². The molecule has 2 N–H and O–H groups in total. The topological polar surface area (TPSA) is 46.3 Å². The highest BCUT2D eigenvalue weighted by atomic mass is 16.1. The lowest BCUT2D eigenvalue weighted by molar-refractivity contribution is -0.122. The maximum atomic E-state index is 13.0. The smallest absolute Gasteiger partial charge is 0.232 e. The van der Waals surface area contributed by atoms with Crippen LogP contribution in [0.2, 0.25) is 0 Å². The number of carbonyl (C=O) groups is 1. The van der Waals surface area contributed by atoms with Gasteiger partial charge in [0.15, 0.2) is 0 Å². The number of rotatable bonds is 6. The Labute approximate surface area is 168 Å². The SMILES string of the molecule is NC(=O)C(CCN1CCCC12CCCCC2)(c1ccccc1)c1ccccc1. The number of nitrogens with two attached hydrogens (primary N) is 1. The number of benzene rings is 2. The fraction of sp³-hybridized carbons (Fsp3) is 0.480. The Kier molecular flexibility index (Phi) is 5.54. The van der Waals surface area contributed by atoms with Gasteiger partial charge in [-0.25, -0.2) is 0 Å². The fourth-order valence-electron chi connectivity index (χ4n) is 5.73. The van der Waals surface area contributed by atoms with Gasteiger partial charge in [0, 0.05) is 12.1 Å². The van der Waals surface area contributed by atoms with Crippen molar-refractivity contribution in [3.8, 4) is 0 Å². The molecule has 148 valence electrons. The predicted molar refractivity (Wildman–Crippen MR) is 114 cm³/mol. The van der Waals surface area contributed by atoms with E-state index in [9.17, 15) is 4.79 Å². The molecule has 0 aromatic heterocycles. The van der Waals surface area contributed by atoms with Crippen LogP contribution in [-0.2, 0) is 10.2 Å². The first-order chi connectivity index (χ1) is 13.7. The number of likely N-dealkylation sites (tertiary alicyclic amines) is 1. The molecule has 2 aliphatic rings. The molecule has 1 saturated heterocycles. The minimum absolute atomic E-state index is 0.248. The Morgan fingerprint density at radius 2 is 1.39 bits per heavy atom. The standard InChI is InChI=1S/C25H32N2O/c26-23(28)25(21-11-4-1-5-12-21,22-13-6-2-7-14-22)18-20-27-19-10-17-24(27)15-8-3-9-16-24/h1-2,4-7,11-14H,3,8-10,15-20H2,(H2,26,28). The van der Waals surface area contributed by atoms with Crippen LogP contribution in [0.15, 0.2) is 60.7 Å². The number of hydrogen-bond donors (Lipinski definition) is 1. The molecule has 1 saturated carbocycles. The van der Waals surface area contributed by atoms with Crippen LogP contribution >= 0.6 is 0 Å². The highest BCUT2D eigenvalue weighted by Gasteiger charge is 2.45. The quantitative estimate of drug-likeness (QED) is 0.798. The molecule has 1 aliphatic heterocycles. The number of primary amides is 1. The van der Waals surface area contributed by atoms with E-state index >= 15 is 0 Å². The van der Waals surface area contributed by atoms with Gasteiger partial charge in [-0.05, 0) is 49.8 Å². The number of nitrogens with zero attached hydrogens (tertiary/aromatic N) is 1. The molecule has 4 rings (SSSR count). The molecule has 0 atom stereocenters. The first-order valence-corrected chi connectivity index (χ1v) is 10.8. The second-order valence-corrected chi connectivity index (χ2v) is 8.63. The summed E-state index contributed by atoms with van der Waals surface area (Å²) in [5, 5.41) is 0. The van der Waals surface area contributed by atoms with E-state index in [0.29, 0.717) is 5.54 Å². The predicted octanol–water partition coefficient (Wildman–Crippen LogP) is 4.65. The Balaban J connectivity index is 1.67. The third-order valence-corrected chi connectivity index (χ3v) is 7.24. The van der Waals surface area contributed by atoms with Crippen LogP contribution in [0.5, 0.6) is 0 Å². The molecule has 1 heterocycles. The van der Waals surface area contributed by atoms with Crippen LogP contribution in [0.4, 0.5) is 0 Å². The molecular weight excluding hydrogens is 344 g/mol. The summed E-state index contributed by atoms with van der Waals surface area (Å²) in [6.45, 7) is 2.07. The molecule has 3 nitrogen and oxygen atoms in total. The third kappa shape index (κ3) is 3.37. The second-order valence-electron chi connectivity index (χ2n) is 8.63. The van der Waals surface area contributed by atoms with Gasteiger partial charge in [0.25, 0.3) is 0 Å². The van der Waals surface area contributed by atoms with Crippen molar-refractivity contribution >= 4 is 5.91 Å². The molecule has 1 aliphatic carbocycles. The van der Waals surface area contributed by atoms with Crippen molar-refractivity contribution < 1.29 is 4.79 Å². The van der Waals surface area contributed by atoms with Crippen molar-refractivity contribution in [2.45, 2.75) is 62.3 Å². The highest BCUT2D eigenvalue weighted by molar-refractivity contribution is 5.90. The van der Waals surface area contributed by atoms with E-state index in [1.54, 1.807) is 0 Å².